The Morgan fingerprint density at radius 3 is 2.60 bits per heavy atom. The quantitative estimate of drug-likeness (QED) is 0.557. The fourth-order valence-electron chi connectivity index (χ4n) is 2.37. The third kappa shape index (κ3) is 2.93. The summed E-state index contributed by atoms with van der Waals surface area (Å²) in [5.74, 6) is 0. The van der Waals surface area contributed by atoms with Crippen molar-refractivity contribution in [1.29, 1.82) is 0 Å². The van der Waals surface area contributed by atoms with E-state index in [1.54, 1.807) is 0 Å². The molecule has 1 aromatic heterocycles. The van der Waals surface area contributed by atoms with E-state index in [1.165, 1.54) is 37.9 Å². The number of quaternary nitrogens is 1. The molecule has 1 aromatic rings. The van der Waals surface area contributed by atoms with Crippen LogP contribution in [0.2, 0.25) is 5.15 Å². The highest BCUT2D eigenvalue weighted by molar-refractivity contribution is 6.29. The predicted molar refractivity (Wildman–Crippen MR) is 62.7 cm³/mol. The van der Waals surface area contributed by atoms with Gasteiger partial charge in [-0.3, -0.25) is 0 Å². The fraction of sp³-hybridized carbons (Fsp3) is 0.583. The monoisotopic (exact) mass is 225 g/mol. The molecule has 2 rings (SSSR count). The van der Waals surface area contributed by atoms with Gasteiger partial charge >= 0.3 is 0 Å². The van der Waals surface area contributed by atoms with E-state index in [4.69, 9.17) is 11.6 Å². The number of halogens is 1. The van der Waals surface area contributed by atoms with E-state index in [1.807, 2.05) is 12.3 Å². The van der Waals surface area contributed by atoms with Crippen molar-refractivity contribution >= 4 is 11.6 Å². The van der Waals surface area contributed by atoms with E-state index >= 15 is 0 Å². The Balaban J connectivity index is 2.03. The molecule has 0 aliphatic carbocycles. The maximum absolute atomic E-state index is 5.77. The van der Waals surface area contributed by atoms with Gasteiger partial charge in [0.05, 0.1) is 20.1 Å². The molecule has 2 heterocycles. The first-order valence-electron chi connectivity index (χ1n) is 5.62. The molecule has 0 bridgehead atoms. The summed E-state index contributed by atoms with van der Waals surface area (Å²) in [5, 5.41) is 0.583. The molecule has 3 heteroatoms. The molecular formula is C12H18ClN2+. The highest BCUT2D eigenvalue weighted by atomic mass is 35.5. The summed E-state index contributed by atoms with van der Waals surface area (Å²) in [4.78, 5) is 4.13. The van der Waals surface area contributed by atoms with E-state index in [0.717, 1.165) is 11.0 Å². The van der Waals surface area contributed by atoms with Crippen LogP contribution in [0.1, 0.15) is 24.8 Å². The van der Waals surface area contributed by atoms with E-state index in [9.17, 15) is 0 Å². The normalized spacial score (nSPS) is 20.1. The Bertz CT molecular complexity index is 315. The summed E-state index contributed by atoms with van der Waals surface area (Å²) < 4.78 is 1.16. The van der Waals surface area contributed by atoms with Gasteiger partial charge in [0.25, 0.3) is 0 Å². The van der Waals surface area contributed by atoms with Crippen LogP contribution in [0.25, 0.3) is 0 Å². The minimum Gasteiger partial charge on any atom is -0.322 e. The van der Waals surface area contributed by atoms with Crippen molar-refractivity contribution < 1.29 is 4.48 Å². The third-order valence-corrected chi connectivity index (χ3v) is 3.47. The smallest absolute Gasteiger partial charge is 0.129 e. The molecule has 1 aliphatic rings. The molecule has 15 heavy (non-hydrogen) atoms. The highest BCUT2D eigenvalue weighted by Crippen LogP contribution is 2.20. The van der Waals surface area contributed by atoms with Gasteiger partial charge in [-0.15, -0.1) is 0 Å². The average molecular weight is 226 g/mol. The zero-order chi connectivity index (χ0) is 10.7. The topological polar surface area (TPSA) is 12.9 Å². The second kappa shape index (κ2) is 4.50. The van der Waals surface area contributed by atoms with Crippen LogP contribution in [0.4, 0.5) is 0 Å². The molecule has 1 saturated heterocycles. The van der Waals surface area contributed by atoms with Crippen LogP contribution in [0, 0.1) is 0 Å². The maximum Gasteiger partial charge on any atom is 0.129 e. The molecule has 82 valence electrons. The first-order valence-corrected chi connectivity index (χ1v) is 6.00. The van der Waals surface area contributed by atoms with Gasteiger partial charge in [-0.05, 0) is 31.4 Å². The lowest BCUT2D eigenvalue weighted by Crippen LogP contribution is -2.46. The minimum atomic E-state index is 0.583. The van der Waals surface area contributed by atoms with Gasteiger partial charge in [0.2, 0.25) is 0 Å². The first kappa shape index (κ1) is 10.9. The highest BCUT2D eigenvalue weighted by Gasteiger charge is 2.24. The van der Waals surface area contributed by atoms with Crippen molar-refractivity contribution in [3.63, 3.8) is 0 Å². The molecule has 0 radical (unpaired) electrons. The molecule has 0 amide bonds. The van der Waals surface area contributed by atoms with Crippen molar-refractivity contribution in [3.8, 4) is 0 Å². The SMILES string of the molecule is C[N+]1(Cc2ccc(Cl)nc2)CCCCC1. The second-order valence-electron chi connectivity index (χ2n) is 4.77. The Labute approximate surface area is 96.5 Å². The summed E-state index contributed by atoms with van der Waals surface area (Å²) in [6, 6.07) is 3.97. The number of hydrogen-bond acceptors (Lipinski definition) is 1. The van der Waals surface area contributed by atoms with E-state index in [-0.39, 0.29) is 0 Å². The van der Waals surface area contributed by atoms with Crippen LogP contribution in [0.15, 0.2) is 18.3 Å². The van der Waals surface area contributed by atoms with Gasteiger partial charge in [-0.1, -0.05) is 11.6 Å². The molecule has 2 nitrogen and oxygen atoms in total. The lowest BCUT2D eigenvalue weighted by Gasteiger charge is -2.37. The van der Waals surface area contributed by atoms with Gasteiger partial charge in [0.1, 0.15) is 11.7 Å². The molecule has 0 atom stereocenters. The summed E-state index contributed by atoms with van der Waals surface area (Å²) in [5.41, 5.74) is 1.30. The number of hydrogen-bond donors (Lipinski definition) is 0. The number of rotatable bonds is 2. The number of aromatic nitrogens is 1. The van der Waals surface area contributed by atoms with Crippen LogP contribution < -0.4 is 0 Å². The summed E-state index contributed by atoms with van der Waals surface area (Å²) >= 11 is 5.77. The van der Waals surface area contributed by atoms with E-state index in [2.05, 4.69) is 18.1 Å². The second-order valence-corrected chi connectivity index (χ2v) is 5.16. The maximum atomic E-state index is 5.77. The van der Waals surface area contributed by atoms with Crippen molar-refractivity contribution in [2.75, 3.05) is 20.1 Å². The fourth-order valence-corrected chi connectivity index (χ4v) is 2.49. The Morgan fingerprint density at radius 2 is 2.00 bits per heavy atom. The Morgan fingerprint density at radius 1 is 1.27 bits per heavy atom. The van der Waals surface area contributed by atoms with Crippen LogP contribution in [0.5, 0.6) is 0 Å². The molecule has 0 spiro atoms. The van der Waals surface area contributed by atoms with Crippen molar-refractivity contribution in [2.24, 2.45) is 0 Å². The molecule has 0 saturated carbocycles. The lowest BCUT2D eigenvalue weighted by molar-refractivity contribution is -0.926. The molecular weight excluding hydrogens is 208 g/mol. The predicted octanol–water partition coefficient (Wildman–Crippen LogP) is 2.87. The number of pyridine rings is 1. The van der Waals surface area contributed by atoms with E-state index < -0.39 is 0 Å². The summed E-state index contributed by atoms with van der Waals surface area (Å²) in [6.07, 6.45) is 6.02. The summed E-state index contributed by atoms with van der Waals surface area (Å²) in [7, 11) is 2.34. The molecule has 1 aliphatic heterocycles. The number of piperidine rings is 1. The standard InChI is InChI=1S/C12H18ClN2/c1-15(7-3-2-4-8-15)10-11-5-6-12(13)14-9-11/h5-6,9H,2-4,7-8,10H2,1H3/q+1. The van der Waals surface area contributed by atoms with Gasteiger partial charge in [-0.25, -0.2) is 4.98 Å². The number of likely N-dealkylation sites (tertiary alicyclic amines) is 1. The zero-order valence-electron chi connectivity index (χ0n) is 9.25. The Kier molecular flexibility index (Phi) is 3.27. The largest absolute Gasteiger partial charge is 0.322 e. The van der Waals surface area contributed by atoms with Crippen molar-refractivity contribution in [2.45, 2.75) is 25.8 Å². The van der Waals surface area contributed by atoms with E-state index in [0.29, 0.717) is 5.15 Å². The third-order valence-electron chi connectivity index (χ3n) is 3.25. The van der Waals surface area contributed by atoms with Crippen LogP contribution in [0.3, 0.4) is 0 Å². The zero-order valence-corrected chi connectivity index (χ0v) is 10.0. The van der Waals surface area contributed by atoms with Crippen LogP contribution >= 0.6 is 11.6 Å². The lowest BCUT2D eigenvalue weighted by atomic mass is 10.1. The van der Waals surface area contributed by atoms with Crippen LogP contribution in [-0.2, 0) is 6.54 Å². The van der Waals surface area contributed by atoms with Gasteiger partial charge in [0.15, 0.2) is 0 Å². The van der Waals surface area contributed by atoms with Gasteiger partial charge in [0, 0.05) is 11.8 Å². The molecule has 0 N–H and O–H groups in total. The number of nitrogens with zero attached hydrogens (tertiary/aromatic N) is 2. The minimum absolute atomic E-state index is 0.583. The van der Waals surface area contributed by atoms with Crippen LogP contribution in [-0.4, -0.2) is 29.6 Å². The van der Waals surface area contributed by atoms with Gasteiger partial charge in [-0.2, -0.15) is 0 Å². The Hall–Kier alpha value is -0.600. The van der Waals surface area contributed by atoms with Gasteiger partial charge < -0.3 is 4.48 Å². The first-order chi connectivity index (χ1) is 7.18. The molecule has 1 fully saturated rings. The summed E-state index contributed by atoms with van der Waals surface area (Å²) in [6.45, 7) is 3.68. The molecule has 0 aromatic carbocycles. The van der Waals surface area contributed by atoms with Crippen molar-refractivity contribution in [1.82, 2.24) is 4.98 Å². The molecule has 0 unspecified atom stereocenters. The van der Waals surface area contributed by atoms with Crippen molar-refractivity contribution in [3.05, 3.63) is 29.0 Å². The average Bonchev–Trinajstić information content (AvgIpc) is 2.22.